The summed E-state index contributed by atoms with van der Waals surface area (Å²) >= 11 is 5.91. The zero-order valence-electron chi connectivity index (χ0n) is 18.2. The summed E-state index contributed by atoms with van der Waals surface area (Å²) in [5.74, 6) is 0.550. The van der Waals surface area contributed by atoms with E-state index in [1.54, 1.807) is 12.1 Å². The fourth-order valence-corrected chi connectivity index (χ4v) is 6.33. The van der Waals surface area contributed by atoms with Crippen molar-refractivity contribution in [3.63, 3.8) is 0 Å². The first kappa shape index (κ1) is 23.1. The van der Waals surface area contributed by atoms with E-state index in [4.69, 9.17) is 16.3 Å². The highest BCUT2D eigenvalue weighted by Crippen LogP contribution is 2.35. The number of hydrogen-bond donors (Lipinski definition) is 0. The average Bonchev–Trinajstić information content (AvgIpc) is 3.30. The Balaban J connectivity index is 1.48. The number of piperidine rings is 1. The second kappa shape index (κ2) is 9.81. The number of likely N-dealkylation sites (tertiary alicyclic amines) is 1. The lowest BCUT2D eigenvalue weighted by Gasteiger charge is -2.35. The van der Waals surface area contributed by atoms with Gasteiger partial charge in [0.2, 0.25) is 15.9 Å². The highest BCUT2D eigenvalue weighted by Gasteiger charge is 2.38. The minimum absolute atomic E-state index is 0.0291. The molecule has 0 saturated carbocycles. The Labute approximate surface area is 195 Å². The van der Waals surface area contributed by atoms with Crippen LogP contribution in [-0.4, -0.2) is 49.8 Å². The van der Waals surface area contributed by atoms with Crippen LogP contribution in [0.3, 0.4) is 0 Å². The number of halogens is 1. The zero-order chi connectivity index (χ0) is 22.7. The summed E-state index contributed by atoms with van der Waals surface area (Å²) in [6.45, 7) is 3.92. The maximum absolute atomic E-state index is 13.5. The van der Waals surface area contributed by atoms with Crippen molar-refractivity contribution in [3.05, 3.63) is 59.1 Å². The monoisotopic (exact) mass is 476 g/mol. The summed E-state index contributed by atoms with van der Waals surface area (Å²) in [7, 11) is -3.65. The molecule has 2 aromatic rings. The van der Waals surface area contributed by atoms with Gasteiger partial charge in [-0.3, -0.25) is 4.79 Å². The molecule has 2 saturated heterocycles. The molecule has 0 aliphatic carbocycles. The Kier molecular flexibility index (Phi) is 7.08. The predicted molar refractivity (Wildman–Crippen MR) is 124 cm³/mol. The number of amides is 1. The quantitative estimate of drug-likeness (QED) is 0.615. The molecule has 0 spiro atoms. The Morgan fingerprint density at radius 1 is 1.03 bits per heavy atom. The molecule has 6 nitrogen and oxygen atoms in total. The number of sulfonamides is 1. The van der Waals surface area contributed by atoms with E-state index in [1.807, 2.05) is 36.1 Å². The summed E-state index contributed by atoms with van der Waals surface area (Å²) in [5.41, 5.74) is 1.10. The molecular weight excluding hydrogens is 448 g/mol. The third kappa shape index (κ3) is 4.80. The molecule has 2 unspecified atom stereocenters. The van der Waals surface area contributed by atoms with Gasteiger partial charge in [0.1, 0.15) is 5.75 Å². The van der Waals surface area contributed by atoms with Crippen LogP contribution in [0, 0.1) is 5.92 Å². The van der Waals surface area contributed by atoms with Crippen LogP contribution >= 0.6 is 11.6 Å². The van der Waals surface area contributed by atoms with Crippen LogP contribution in [0.25, 0.3) is 0 Å². The van der Waals surface area contributed by atoms with Crippen molar-refractivity contribution >= 4 is 27.5 Å². The first-order chi connectivity index (χ1) is 15.4. The van der Waals surface area contributed by atoms with E-state index in [-0.39, 0.29) is 29.3 Å². The minimum atomic E-state index is -3.65. The second-order valence-electron chi connectivity index (χ2n) is 8.35. The van der Waals surface area contributed by atoms with Gasteiger partial charge in [-0.2, -0.15) is 4.31 Å². The normalized spacial score (nSPS) is 22.1. The number of carbonyl (C=O) groups is 1. The van der Waals surface area contributed by atoms with E-state index < -0.39 is 10.0 Å². The standard InChI is InChI=1S/C24H29ClN2O4S/c1-2-31-21-11-7-18(8-12-21)23-6-4-16-27(23)24(28)19-5-3-15-26(17-19)32(29,30)22-13-9-20(25)10-14-22/h7-14,19,23H,2-6,15-17H2,1H3. The second-order valence-corrected chi connectivity index (χ2v) is 10.7. The maximum Gasteiger partial charge on any atom is 0.243 e. The van der Waals surface area contributed by atoms with Crippen molar-refractivity contribution in [3.8, 4) is 5.75 Å². The number of ether oxygens (including phenoxy) is 1. The molecule has 0 radical (unpaired) electrons. The molecule has 2 heterocycles. The van der Waals surface area contributed by atoms with Crippen molar-refractivity contribution in [2.75, 3.05) is 26.2 Å². The van der Waals surface area contributed by atoms with Gasteiger partial charge in [0.15, 0.2) is 0 Å². The molecule has 32 heavy (non-hydrogen) atoms. The van der Waals surface area contributed by atoms with Crippen molar-refractivity contribution in [2.24, 2.45) is 5.92 Å². The molecule has 0 aromatic heterocycles. The average molecular weight is 477 g/mol. The summed E-state index contributed by atoms with van der Waals surface area (Å²) in [4.78, 5) is 15.6. The van der Waals surface area contributed by atoms with Gasteiger partial charge in [-0.15, -0.1) is 0 Å². The highest BCUT2D eigenvalue weighted by atomic mass is 35.5. The molecule has 4 rings (SSSR count). The molecule has 0 N–H and O–H groups in total. The van der Waals surface area contributed by atoms with Gasteiger partial charge in [-0.25, -0.2) is 8.42 Å². The van der Waals surface area contributed by atoms with Gasteiger partial charge in [0.25, 0.3) is 0 Å². The van der Waals surface area contributed by atoms with Crippen molar-refractivity contribution in [2.45, 2.75) is 43.5 Å². The third-order valence-electron chi connectivity index (χ3n) is 6.30. The van der Waals surface area contributed by atoms with Gasteiger partial charge in [-0.1, -0.05) is 23.7 Å². The molecule has 2 aromatic carbocycles. The summed E-state index contributed by atoms with van der Waals surface area (Å²) < 4.78 is 33.2. The van der Waals surface area contributed by atoms with Crippen LogP contribution in [0.1, 0.15) is 44.2 Å². The minimum Gasteiger partial charge on any atom is -0.494 e. The molecule has 172 valence electrons. The molecule has 0 bridgehead atoms. The molecule has 1 amide bonds. The zero-order valence-corrected chi connectivity index (χ0v) is 19.8. The number of hydrogen-bond acceptors (Lipinski definition) is 4. The lowest BCUT2D eigenvalue weighted by molar-refractivity contribution is -0.137. The van der Waals surface area contributed by atoms with Gasteiger partial charge < -0.3 is 9.64 Å². The topological polar surface area (TPSA) is 66.9 Å². The maximum atomic E-state index is 13.5. The Morgan fingerprint density at radius 2 is 1.72 bits per heavy atom. The SMILES string of the molecule is CCOc1ccc(C2CCCN2C(=O)C2CCCN(S(=O)(=O)c3ccc(Cl)cc3)C2)cc1. The summed E-state index contributed by atoms with van der Waals surface area (Å²) in [5, 5.41) is 0.491. The van der Waals surface area contributed by atoms with Crippen LogP contribution < -0.4 is 4.74 Å². The number of rotatable bonds is 6. The van der Waals surface area contributed by atoms with E-state index in [0.29, 0.717) is 37.6 Å². The predicted octanol–water partition coefficient (Wildman–Crippen LogP) is 4.50. The molecule has 8 heteroatoms. The van der Waals surface area contributed by atoms with Crippen LogP contribution in [0.15, 0.2) is 53.4 Å². The van der Waals surface area contributed by atoms with Crippen LogP contribution in [0.4, 0.5) is 0 Å². The largest absolute Gasteiger partial charge is 0.494 e. The van der Waals surface area contributed by atoms with Crippen molar-refractivity contribution in [1.29, 1.82) is 0 Å². The molecular formula is C24H29ClN2O4S. The first-order valence-electron chi connectivity index (χ1n) is 11.2. The number of benzene rings is 2. The smallest absolute Gasteiger partial charge is 0.243 e. The molecule has 2 aliphatic rings. The van der Waals surface area contributed by atoms with E-state index in [2.05, 4.69) is 0 Å². The van der Waals surface area contributed by atoms with Crippen LogP contribution in [0.5, 0.6) is 5.75 Å². The van der Waals surface area contributed by atoms with E-state index >= 15 is 0 Å². The first-order valence-corrected chi connectivity index (χ1v) is 13.0. The van der Waals surface area contributed by atoms with Crippen molar-refractivity contribution in [1.82, 2.24) is 9.21 Å². The van der Waals surface area contributed by atoms with Gasteiger partial charge in [-0.05, 0) is 74.6 Å². The Bertz CT molecular complexity index is 1040. The van der Waals surface area contributed by atoms with E-state index in [9.17, 15) is 13.2 Å². The third-order valence-corrected chi connectivity index (χ3v) is 8.43. The van der Waals surface area contributed by atoms with E-state index in [1.165, 1.54) is 16.4 Å². The lowest BCUT2D eigenvalue weighted by Crippen LogP contribution is -2.46. The van der Waals surface area contributed by atoms with Gasteiger partial charge >= 0.3 is 0 Å². The summed E-state index contributed by atoms with van der Waals surface area (Å²) in [6.07, 6.45) is 3.24. The van der Waals surface area contributed by atoms with Gasteiger partial charge in [0, 0.05) is 24.7 Å². The molecule has 2 fully saturated rings. The van der Waals surface area contributed by atoms with Gasteiger partial charge in [0.05, 0.1) is 23.5 Å². The molecule has 2 aliphatic heterocycles. The number of nitrogens with zero attached hydrogens (tertiary/aromatic N) is 2. The van der Waals surface area contributed by atoms with Crippen LogP contribution in [0.2, 0.25) is 5.02 Å². The fraction of sp³-hybridized carbons (Fsp3) is 0.458. The Morgan fingerprint density at radius 3 is 2.41 bits per heavy atom. The highest BCUT2D eigenvalue weighted by molar-refractivity contribution is 7.89. The van der Waals surface area contributed by atoms with Crippen molar-refractivity contribution < 1.29 is 17.9 Å². The molecule has 2 atom stereocenters. The lowest BCUT2D eigenvalue weighted by atomic mass is 9.96. The van der Waals surface area contributed by atoms with Crippen LogP contribution in [-0.2, 0) is 14.8 Å². The fourth-order valence-electron chi connectivity index (χ4n) is 4.68. The Hall–Kier alpha value is -2.09. The number of carbonyl (C=O) groups excluding carboxylic acids is 1. The van der Waals surface area contributed by atoms with E-state index in [0.717, 1.165) is 24.2 Å². The summed E-state index contributed by atoms with van der Waals surface area (Å²) in [6, 6.07) is 14.2.